The lowest BCUT2D eigenvalue weighted by Gasteiger charge is -2.37. The van der Waals surface area contributed by atoms with E-state index in [9.17, 15) is 9.59 Å². The molecule has 0 aromatic heterocycles. The minimum absolute atomic E-state index is 0.0453. The van der Waals surface area contributed by atoms with Crippen molar-refractivity contribution in [2.75, 3.05) is 19.7 Å². The Morgan fingerprint density at radius 3 is 2.65 bits per heavy atom. The maximum atomic E-state index is 12.2. The average Bonchev–Trinajstić information content (AvgIpc) is 2.27. The van der Waals surface area contributed by atoms with Gasteiger partial charge in [-0.3, -0.25) is 9.59 Å². The first-order valence-electron chi connectivity index (χ1n) is 5.99. The van der Waals surface area contributed by atoms with Crippen molar-refractivity contribution in [1.29, 1.82) is 0 Å². The fourth-order valence-electron chi connectivity index (χ4n) is 1.80. The second-order valence-corrected chi connectivity index (χ2v) is 5.08. The summed E-state index contributed by atoms with van der Waals surface area (Å²) >= 11 is 0. The van der Waals surface area contributed by atoms with Crippen molar-refractivity contribution in [3.63, 3.8) is 0 Å². The van der Waals surface area contributed by atoms with Gasteiger partial charge < -0.3 is 14.7 Å². The summed E-state index contributed by atoms with van der Waals surface area (Å²) in [5, 5.41) is 8.71. The molecule has 0 spiro atoms. The number of carbonyl (C=O) groups is 2. The van der Waals surface area contributed by atoms with Crippen LogP contribution >= 0.6 is 0 Å². The molecule has 0 aliphatic carbocycles. The number of aliphatic carboxylic acids is 1. The summed E-state index contributed by atoms with van der Waals surface area (Å²) in [6, 6.07) is 0. The molecule has 0 bridgehead atoms. The van der Waals surface area contributed by atoms with Gasteiger partial charge in [-0.15, -0.1) is 0 Å². The van der Waals surface area contributed by atoms with Gasteiger partial charge in [0.05, 0.1) is 19.1 Å². The van der Waals surface area contributed by atoms with E-state index >= 15 is 0 Å². The second kappa shape index (κ2) is 5.49. The standard InChI is InChI=1S/C12H21NO4/c1-4-12(2,3)11(16)13-5-6-17-9(8-13)7-10(14)15/h9H,4-8H2,1-3H3,(H,14,15)/t9-/m1/s1. The van der Waals surface area contributed by atoms with Gasteiger partial charge in [0.1, 0.15) is 0 Å². The van der Waals surface area contributed by atoms with Gasteiger partial charge in [0.25, 0.3) is 0 Å². The van der Waals surface area contributed by atoms with E-state index in [0.717, 1.165) is 6.42 Å². The first-order chi connectivity index (χ1) is 7.86. The third kappa shape index (κ3) is 3.70. The molecule has 1 amide bonds. The van der Waals surface area contributed by atoms with Crippen molar-refractivity contribution >= 4 is 11.9 Å². The van der Waals surface area contributed by atoms with Gasteiger partial charge in [-0.05, 0) is 6.42 Å². The maximum Gasteiger partial charge on any atom is 0.306 e. The highest BCUT2D eigenvalue weighted by Crippen LogP contribution is 2.24. The molecular weight excluding hydrogens is 222 g/mol. The number of morpholine rings is 1. The first-order valence-corrected chi connectivity index (χ1v) is 5.99. The molecule has 0 radical (unpaired) electrons. The maximum absolute atomic E-state index is 12.2. The number of carboxylic acids is 1. The van der Waals surface area contributed by atoms with Gasteiger partial charge in [-0.25, -0.2) is 0 Å². The number of hydrogen-bond acceptors (Lipinski definition) is 3. The molecule has 0 aromatic carbocycles. The molecule has 5 nitrogen and oxygen atoms in total. The summed E-state index contributed by atoms with van der Waals surface area (Å²) in [5.41, 5.74) is -0.384. The monoisotopic (exact) mass is 243 g/mol. The van der Waals surface area contributed by atoms with Crippen molar-refractivity contribution in [1.82, 2.24) is 4.90 Å². The largest absolute Gasteiger partial charge is 0.481 e. The Labute approximate surface area is 102 Å². The van der Waals surface area contributed by atoms with E-state index in [-0.39, 0.29) is 23.8 Å². The van der Waals surface area contributed by atoms with E-state index in [0.29, 0.717) is 19.7 Å². The van der Waals surface area contributed by atoms with Crippen LogP contribution in [-0.4, -0.2) is 47.7 Å². The third-order valence-electron chi connectivity index (χ3n) is 3.29. The van der Waals surface area contributed by atoms with E-state index in [4.69, 9.17) is 9.84 Å². The highest BCUT2D eigenvalue weighted by Gasteiger charge is 2.33. The zero-order chi connectivity index (χ0) is 13.1. The molecule has 1 heterocycles. The van der Waals surface area contributed by atoms with Crippen LogP contribution in [0.25, 0.3) is 0 Å². The Morgan fingerprint density at radius 1 is 1.47 bits per heavy atom. The van der Waals surface area contributed by atoms with E-state index < -0.39 is 5.97 Å². The molecule has 1 aliphatic rings. The van der Waals surface area contributed by atoms with Gasteiger partial charge in [-0.2, -0.15) is 0 Å². The Kier molecular flexibility index (Phi) is 4.51. The topological polar surface area (TPSA) is 66.8 Å². The number of nitrogens with zero attached hydrogens (tertiary/aromatic N) is 1. The van der Waals surface area contributed by atoms with E-state index in [1.165, 1.54) is 0 Å². The molecular formula is C12H21NO4. The summed E-state index contributed by atoms with van der Waals surface area (Å²) in [6.07, 6.45) is 0.348. The van der Waals surface area contributed by atoms with Crippen LogP contribution in [0.2, 0.25) is 0 Å². The van der Waals surface area contributed by atoms with Crippen molar-refractivity contribution < 1.29 is 19.4 Å². The van der Waals surface area contributed by atoms with Gasteiger partial charge in [0.15, 0.2) is 0 Å². The Balaban J connectivity index is 2.60. The normalized spacial score (nSPS) is 21.4. The lowest BCUT2D eigenvalue weighted by molar-refractivity contribution is -0.152. The van der Waals surface area contributed by atoms with Gasteiger partial charge >= 0.3 is 5.97 Å². The number of carboxylic acid groups (broad SMARTS) is 1. The van der Waals surface area contributed by atoms with Gasteiger partial charge in [0.2, 0.25) is 5.91 Å². The summed E-state index contributed by atoms with van der Waals surface area (Å²) in [6.45, 7) is 7.16. The first kappa shape index (κ1) is 14.0. The average molecular weight is 243 g/mol. The zero-order valence-electron chi connectivity index (χ0n) is 10.7. The Morgan fingerprint density at radius 2 is 2.12 bits per heavy atom. The summed E-state index contributed by atoms with van der Waals surface area (Å²) < 4.78 is 5.34. The smallest absolute Gasteiger partial charge is 0.306 e. The van der Waals surface area contributed by atoms with Crippen LogP contribution in [0.5, 0.6) is 0 Å². The van der Waals surface area contributed by atoms with Crippen LogP contribution in [0, 0.1) is 5.41 Å². The van der Waals surface area contributed by atoms with Crippen LogP contribution in [0.15, 0.2) is 0 Å². The lowest BCUT2D eigenvalue weighted by atomic mass is 9.88. The van der Waals surface area contributed by atoms with Crippen molar-refractivity contribution in [3.8, 4) is 0 Å². The highest BCUT2D eigenvalue weighted by molar-refractivity contribution is 5.82. The minimum atomic E-state index is -0.890. The van der Waals surface area contributed by atoms with Crippen molar-refractivity contribution in [3.05, 3.63) is 0 Å². The zero-order valence-corrected chi connectivity index (χ0v) is 10.7. The molecule has 1 aliphatic heterocycles. The number of hydrogen-bond donors (Lipinski definition) is 1. The van der Waals surface area contributed by atoms with Crippen LogP contribution in [0.1, 0.15) is 33.6 Å². The van der Waals surface area contributed by atoms with Crippen molar-refractivity contribution in [2.24, 2.45) is 5.41 Å². The molecule has 0 unspecified atom stereocenters. The van der Waals surface area contributed by atoms with Crippen LogP contribution in [0.3, 0.4) is 0 Å². The van der Waals surface area contributed by atoms with E-state index in [1.807, 2.05) is 20.8 Å². The lowest BCUT2D eigenvalue weighted by Crippen LogP contribution is -2.50. The number of amides is 1. The molecule has 1 fully saturated rings. The van der Waals surface area contributed by atoms with Crippen LogP contribution in [-0.2, 0) is 14.3 Å². The highest BCUT2D eigenvalue weighted by atomic mass is 16.5. The second-order valence-electron chi connectivity index (χ2n) is 5.08. The predicted molar refractivity (Wildman–Crippen MR) is 62.6 cm³/mol. The third-order valence-corrected chi connectivity index (χ3v) is 3.29. The predicted octanol–water partition coefficient (Wildman–Crippen LogP) is 1.12. The summed E-state index contributed by atoms with van der Waals surface area (Å²) in [7, 11) is 0. The minimum Gasteiger partial charge on any atom is -0.481 e. The quantitative estimate of drug-likeness (QED) is 0.803. The SMILES string of the molecule is CCC(C)(C)C(=O)N1CCO[C@H](CC(=O)O)C1. The summed E-state index contributed by atoms with van der Waals surface area (Å²) in [5.74, 6) is -0.808. The number of carbonyl (C=O) groups excluding carboxylic acids is 1. The summed E-state index contributed by atoms with van der Waals surface area (Å²) in [4.78, 5) is 24.5. The Bertz CT molecular complexity index is 301. The van der Waals surface area contributed by atoms with Gasteiger partial charge in [0, 0.05) is 18.5 Å². The molecule has 5 heteroatoms. The fraction of sp³-hybridized carbons (Fsp3) is 0.833. The molecule has 1 atom stereocenters. The Hall–Kier alpha value is -1.10. The number of ether oxygens (including phenoxy) is 1. The fourth-order valence-corrected chi connectivity index (χ4v) is 1.80. The van der Waals surface area contributed by atoms with Crippen LogP contribution in [0.4, 0.5) is 0 Å². The molecule has 17 heavy (non-hydrogen) atoms. The molecule has 0 aromatic rings. The molecule has 98 valence electrons. The molecule has 1 rings (SSSR count). The molecule has 0 saturated carbocycles. The number of rotatable bonds is 4. The van der Waals surface area contributed by atoms with Crippen molar-refractivity contribution in [2.45, 2.75) is 39.7 Å². The van der Waals surface area contributed by atoms with Gasteiger partial charge in [-0.1, -0.05) is 20.8 Å². The van der Waals surface area contributed by atoms with Crippen LogP contribution < -0.4 is 0 Å². The van der Waals surface area contributed by atoms with E-state index in [1.54, 1.807) is 4.90 Å². The molecule has 1 N–H and O–H groups in total. The molecule has 1 saturated heterocycles. The van der Waals surface area contributed by atoms with E-state index in [2.05, 4.69) is 0 Å².